The lowest BCUT2D eigenvalue weighted by Crippen LogP contribution is -2.70. The molecule has 6 rings (SSSR count). The lowest BCUT2D eigenvalue weighted by atomic mass is 9.55. The molecule has 6 atom stereocenters. The van der Waals surface area contributed by atoms with Gasteiger partial charge in [0.1, 0.15) is 36.6 Å². The van der Waals surface area contributed by atoms with Gasteiger partial charge in [-0.1, -0.05) is 54.9 Å². The van der Waals surface area contributed by atoms with Crippen LogP contribution in [-0.4, -0.2) is 76.5 Å². The molecule has 3 aromatic carbocycles. The standard InChI is InChI=1S/C48H56FN3O9/c1-4-27-58-38-22-23-43-41(30-38)46-39(12-8-10-26-54)35(11-7-9-25-53)29-40-42(50-60-6-3)31-44(48(61-43,47(40)46)59-28-5-2)51(32-34-13-18-36(49)19-14-34)45(55)24-17-33-15-20-37(21-16-33)52(56)57/h4-5,13-24,29-30,35,39,44,46-47,53-54H,1-2,6-12,25-28,31-32H2,3H3/t35-,39+,44-,46+,47+,48+/m0/s1. The molecule has 61 heavy (non-hydrogen) atoms. The minimum atomic E-state index is -1.52. The SMILES string of the molecule is C=CCOc1ccc2c(c1)[C@H]1[C@H](CCCCO)[C@@H](CCCCO)C=C3C(=NOCC)C[C@H](N(Cc4ccc(F)cc4)C(=O)C=Cc4ccc([N+](=O)[O-])cc4)[C@@](OCC=C)(O2)[C@H]31. The molecule has 324 valence electrons. The van der Waals surface area contributed by atoms with Crippen LogP contribution in [0.4, 0.5) is 10.1 Å². The average molecular weight is 838 g/mol. The molecule has 13 heteroatoms. The van der Waals surface area contributed by atoms with Gasteiger partial charge in [-0.3, -0.25) is 14.9 Å². The molecule has 1 amide bonds. The van der Waals surface area contributed by atoms with Crippen molar-refractivity contribution in [3.63, 3.8) is 0 Å². The molecular formula is C48H56FN3O9. The third-order valence-electron chi connectivity index (χ3n) is 11.8. The van der Waals surface area contributed by atoms with Gasteiger partial charge in [-0.2, -0.15) is 0 Å². The summed E-state index contributed by atoms with van der Waals surface area (Å²) in [4.78, 5) is 33.3. The van der Waals surface area contributed by atoms with Gasteiger partial charge < -0.3 is 34.2 Å². The Kier molecular flexibility index (Phi) is 15.6. The molecule has 0 aromatic heterocycles. The first-order valence-electron chi connectivity index (χ1n) is 21.1. The first-order valence-corrected chi connectivity index (χ1v) is 21.1. The summed E-state index contributed by atoms with van der Waals surface area (Å²) in [5.74, 6) is -1.87. The van der Waals surface area contributed by atoms with Gasteiger partial charge in [0.15, 0.2) is 0 Å². The summed E-state index contributed by atoms with van der Waals surface area (Å²) < 4.78 is 34.7. The van der Waals surface area contributed by atoms with Gasteiger partial charge in [0, 0.05) is 55.9 Å². The van der Waals surface area contributed by atoms with Gasteiger partial charge in [-0.15, -0.1) is 6.58 Å². The second-order valence-electron chi connectivity index (χ2n) is 15.6. The number of carbonyl (C=O) groups excluding carboxylic acids is 1. The maximum absolute atomic E-state index is 14.9. The number of nitro benzene ring substituents is 1. The van der Waals surface area contributed by atoms with Crippen molar-refractivity contribution in [2.24, 2.45) is 22.9 Å². The molecule has 0 spiro atoms. The van der Waals surface area contributed by atoms with Crippen LogP contribution in [-0.2, 0) is 20.9 Å². The number of fused-ring (bicyclic) bond motifs is 2. The van der Waals surface area contributed by atoms with E-state index < -0.39 is 34.4 Å². The number of aliphatic hydroxyl groups is 2. The van der Waals surface area contributed by atoms with Gasteiger partial charge in [0.05, 0.1) is 23.2 Å². The fourth-order valence-electron chi connectivity index (χ4n) is 9.13. The van der Waals surface area contributed by atoms with E-state index in [0.717, 1.165) is 36.8 Å². The number of oxime groups is 1. The number of amides is 1. The van der Waals surface area contributed by atoms with Crippen molar-refractivity contribution in [3.05, 3.63) is 142 Å². The number of aliphatic hydroxyl groups excluding tert-OH is 2. The molecule has 2 aliphatic carbocycles. The van der Waals surface area contributed by atoms with E-state index in [1.807, 2.05) is 25.1 Å². The molecule has 1 heterocycles. The zero-order valence-electron chi connectivity index (χ0n) is 34.7. The van der Waals surface area contributed by atoms with Crippen LogP contribution in [0.1, 0.15) is 74.5 Å². The Balaban J connectivity index is 1.59. The highest BCUT2D eigenvalue weighted by Gasteiger charge is 2.65. The molecule has 0 saturated heterocycles. The maximum Gasteiger partial charge on any atom is 0.269 e. The maximum atomic E-state index is 14.9. The van der Waals surface area contributed by atoms with Crippen LogP contribution in [0.2, 0.25) is 0 Å². The number of halogens is 1. The van der Waals surface area contributed by atoms with Crippen LogP contribution in [0.3, 0.4) is 0 Å². The van der Waals surface area contributed by atoms with Crippen LogP contribution >= 0.6 is 0 Å². The summed E-state index contributed by atoms with van der Waals surface area (Å²) in [7, 11) is 0. The molecule has 12 nitrogen and oxygen atoms in total. The number of hydrogen-bond acceptors (Lipinski definition) is 10. The monoisotopic (exact) mass is 837 g/mol. The normalized spacial score (nSPS) is 23.3. The number of rotatable bonds is 22. The van der Waals surface area contributed by atoms with E-state index in [2.05, 4.69) is 19.2 Å². The minimum absolute atomic E-state index is 0.0124. The number of nitrogens with zero attached hydrogens (tertiary/aromatic N) is 3. The van der Waals surface area contributed by atoms with Crippen molar-refractivity contribution in [2.45, 2.75) is 76.2 Å². The Morgan fingerprint density at radius 1 is 1.02 bits per heavy atom. The summed E-state index contributed by atoms with van der Waals surface area (Å²) in [5.41, 5.74) is 3.62. The van der Waals surface area contributed by atoms with Crippen LogP contribution < -0.4 is 9.47 Å². The van der Waals surface area contributed by atoms with Crippen molar-refractivity contribution < 1.29 is 43.4 Å². The van der Waals surface area contributed by atoms with Crippen LogP contribution in [0.15, 0.2) is 115 Å². The van der Waals surface area contributed by atoms with Gasteiger partial charge in [0.25, 0.3) is 5.69 Å². The first kappa shape index (κ1) is 44.9. The van der Waals surface area contributed by atoms with Crippen LogP contribution in [0, 0.1) is 33.7 Å². The van der Waals surface area contributed by atoms with Gasteiger partial charge in [-0.05, 0) is 110 Å². The van der Waals surface area contributed by atoms with E-state index in [-0.39, 0.29) is 56.2 Å². The molecular weight excluding hydrogens is 782 g/mol. The number of allylic oxidation sites excluding steroid dienone is 1. The van der Waals surface area contributed by atoms with Gasteiger partial charge in [0.2, 0.25) is 11.7 Å². The first-order chi connectivity index (χ1) is 29.7. The predicted molar refractivity (Wildman–Crippen MR) is 231 cm³/mol. The highest BCUT2D eigenvalue weighted by molar-refractivity contribution is 6.03. The number of unbranched alkanes of at least 4 members (excludes halogenated alkanes) is 2. The highest BCUT2D eigenvalue weighted by atomic mass is 19.1. The lowest BCUT2D eigenvalue weighted by molar-refractivity contribution is -0.384. The van der Waals surface area contributed by atoms with E-state index in [0.29, 0.717) is 54.4 Å². The third kappa shape index (κ3) is 10.3. The molecule has 3 aromatic rings. The van der Waals surface area contributed by atoms with Gasteiger partial charge >= 0.3 is 0 Å². The predicted octanol–water partition coefficient (Wildman–Crippen LogP) is 8.69. The van der Waals surface area contributed by atoms with E-state index in [9.17, 15) is 29.5 Å². The quantitative estimate of drug-likeness (QED) is 0.0333. The number of nitro groups is 1. The number of non-ortho nitro benzene ring substituents is 1. The Bertz CT molecular complexity index is 2090. The topological polar surface area (TPSA) is 153 Å². The zero-order valence-corrected chi connectivity index (χ0v) is 34.7. The number of hydrogen-bond donors (Lipinski definition) is 2. The second-order valence-corrected chi connectivity index (χ2v) is 15.6. The fraction of sp³-hybridized carbons (Fsp3) is 0.417. The third-order valence-corrected chi connectivity index (χ3v) is 11.8. The summed E-state index contributed by atoms with van der Waals surface area (Å²) in [6.45, 7) is 10.5. The van der Waals surface area contributed by atoms with E-state index >= 15 is 0 Å². The fourth-order valence-corrected chi connectivity index (χ4v) is 9.13. The molecule has 2 N–H and O–H groups in total. The van der Waals surface area contributed by atoms with Crippen molar-refractivity contribution in [3.8, 4) is 11.5 Å². The molecule has 0 unspecified atom stereocenters. The molecule has 1 fully saturated rings. The lowest BCUT2D eigenvalue weighted by Gasteiger charge is -2.60. The smallest absolute Gasteiger partial charge is 0.269 e. The number of benzene rings is 3. The van der Waals surface area contributed by atoms with Crippen LogP contribution in [0.25, 0.3) is 6.08 Å². The summed E-state index contributed by atoms with van der Waals surface area (Å²) >= 11 is 0. The van der Waals surface area contributed by atoms with E-state index in [1.54, 1.807) is 47.4 Å². The highest BCUT2D eigenvalue weighted by Crippen LogP contribution is 2.62. The average Bonchev–Trinajstić information content (AvgIpc) is 3.27. The molecule has 0 radical (unpaired) electrons. The van der Waals surface area contributed by atoms with Crippen molar-refractivity contribution in [1.82, 2.24) is 4.90 Å². The second kappa shape index (κ2) is 21.2. The summed E-state index contributed by atoms with van der Waals surface area (Å²) in [5, 5.41) is 35.8. The van der Waals surface area contributed by atoms with Crippen molar-refractivity contribution in [1.29, 1.82) is 0 Å². The minimum Gasteiger partial charge on any atom is -0.490 e. The zero-order chi connectivity index (χ0) is 43.4. The number of ether oxygens (including phenoxy) is 3. The number of carbonyl (C=O) groups is 1. The molecule has 1 aliphatic heterocycles. The summed E-state index contributed by atoms with van der Waals surface area (Å²) in [6, 6.07) is 16.8. The molecule has 3 aliphatic rings. The van der Waals surface area contributed by atoms with Gasteiger partial charge in [-0.25, -0.2) is 4.39 Å². The van der Waals surface area contributed by atoms with Crippen molar-refractivity contribution in [2.75, 3.05) is 33.0 Å². The summed E-state index contributed by atoms with van der Waals surface area (Å²) in [6.07, 6.45) is 13.2. The Morgan fingerprint density at radius 3 is 2.41 bits per heavy atom. The Labute approximate surface area is 356 Å². The Morgan fingerprint density at radius 2 is 1.74 bits per heavy atom. The van der Waals surface area contributed by atoms with Crippen LogP contribution in [0.5, 0.6) is 11.5 Å². The molecule has 0 bridgehead atoms. The van der Waals surface area contributed by atoms with Crippen molar-refractivity contribution >= 4 is 23.4 Å². The largest absolute Gasteiger partial charge is 0.490 e. The van der Waals surface area contributed by atoms with E-state index in [4.69, 9.17) is 24.2 Å². The Hall–Kier alpha value is -5.63. The van der Waals surface area contributed by atoms with E-state index in [1.165, 1.54) is 30.3 Å². The molecule has 1 saturated carbocycles.